The molecule has 0 fully saturated rings. The Kier molecular flexibility index (Phi) is 4.24. The van der Waals surface area contributed by atoms with Gasteiger partial charge in [-0.15, -0.1) is 12.6 Å². The van der Waals surface area contributed by atoms with Crippen LogP contribution in [0.15, 0.2) is 30.5 Å². The highest BCUT2D eigenvalue weighted by atomic mass is 35.5. The lowest BCUT2D eigenvalue weighted by Crippen LogP contribution is -2.00. The molecule has 0 unspecified atom stereocenters. The fraction of sp³-hybridized carbons (Fsp3) is 0. The molecule has 0 aliphatic rings. The Labute approximate surface area is 125 Å². The maximum absolute atomic E-state index is 11.5. The molecular weight excluding hydrogens is 305 g/mol. The van der Waals surface area contributed by atoms with Crippen LogP contribution in [0.4, 0.5) is 0 Å². The average molecular weight is 312 g/mol. The highest BCUT2D eigenvalue weighted by molar-refractivity contribution is 7.97. The molecule has 6 heteroatoms. The van der Waals surface area contributed by atoms with Crippen molar-refractivity contribution in [3.05, 3.63) is 51.6 Å². The summed E-state index contributed by atoms with van der Waals surface area (Å²) >= 11 is 15.8. The number of halogens is 2. The summed E-state index contributed by atoms with van der Waals surface area (Å²) < 4.78 is 0. The first kappa shape index (κ1) is 14.1. The van der Waals surface area contributed by atoms with Crippen molar-refractivity contribution in [2.75, 3.05) is 0 Å². The first-order valence-electron chi connectivity index (χ1n) is 5.18. The van der Waals surface area contributed by atoms with Crippen LogP contribution in [-0.2, 0) is 0 Å². The lowest BCUT2D eigenvalue weighted by molar-refractivity contribution is 0.108. The van der Waals surface area contributed by atoms with E-state index in [-0.39, 0.29) is 21.8 Å². The zero-order valence-corrected chi connectivity index (χ0v) is 11.8. The van der Waals surface area contributed by atoms with E-state index in [0.29, 0.717) is 16.9 Å². The van der Waals surface area contributed by atoms with Gasteiger partial charge in [0.1, 0.15) is 0 Å². The maximum Gasteiger partial charge on any atom is 0.218 e. The number of rotatable bonds is 3. The summed E-state index contributed by atoms with van der Waals surface area (Å²) in [5.41, 5.74) is 1.08. The topological polar surface area (TPSA) is 47.0 Å². The standard InChI is InChI=1S/C13H7Cl2NO2S/c14-9-3-4-10(15)11(8(9)6-17)12-7(13(18)19)2-1-5-16-12/h1-6H,(H,18,19). The van der Waals surface area contributed by atoms with Gasteiger partial charge >= 0.3 is 0 Å². The normalized spacial score (nSPS) is 10.3. The number of hydrogen-bond acceptors (Lipinski definition) is 3. The molecule has 0 saturated carbocycles. The van der Waals surface area contributed by atoms with Gasteiger partial charge in [0.25, 0.3) is 0 Å². The van der Waals surface area contributed by atoms with Crippen molar-refractivity contribution in [2.45, 2.75) is 0 Å². The predicted octanol–water partition coefficient (Wildman–Crippen LogP) is 3.94. The Bertz CT molecular complexity index is 674. The lowest BCUT2D eigenvalue weighted by atomic mass is 10.0. The van der Waals surface area contributed by atoms with Crippen LogP contribution < -0.4 is 0 Å². The van der Waals surface area contributed by atoms with Crippen LogP contribution in [0.5, 0.6) is 0 Å². The molecule has 0 saturated heterocycles. The first-order chi connectivity index (χ1) is 9.06. The SMILES string of the molecule is O=Cc1c(Cl)ccc(Cl)c1-c1ncccc1C(=O)S. The number of nitrogens with zero attached hydrogens (tertiary/aromatic N) is 1. The molecule has 1 heterocycles. The molecule has 0 N–H and O–H groups in total. The molecule has 1 aromatic carbocycles. The van der Waals surface area contributed by atoms with Crippen molar-refractivity contribution in [3.8, 4) is 11.3 Å². The molecule has 2 aromatic rings. The molecule has 0 aliphatic heterocycles. The fourth-order valence-electron chi connectivity index (χ4n) is 1.70. The summed E-state index contributed by atoms with van der Waals surface area (Å²) in [5.74, 6) is 0. The van der Waals surface area contributed by atoms with Crippen molar-refractivity contribution < 1.29 is 9.59 Å². The van der Waals surface area contributed by atoms with Crippen molar-refractivity contribution >= 4 is 47.2 Å². The molecule has 0 spiro atoms. The fourth-order valence-corrected chi connectivity index (χ4v) is 2.34. The van der Waals surface area contributed by atoms with Gasteiger partial charge in [-0.25, -0.2) is 0 Å². The first-order valence-corrected chi connectivity index (χ1v) is 6.38. The van der Waals surface area contributed by atoms with Crippen LogP contribution in [0.3, 0.4) is 0 Å². The van der Waals surface area contributed by atoms with E-state index in [0.717, 1.165) is 0 Å². The van der Waals surface area contributed by atoms with Gasteiger partial charge in [-0.05, 0) is 24.3 Å². The van der Waals surface area contributed by atoms with Crippen LogP contribution in [0.25, 0.3) is 11.3 Å². The van der Waals surface area contributed by atoms with Gasteiger partial charge in [0.05, 0.1) is 21.3 Å². The zero-order chi connectivity index (χ0) is 14.0. The van der Waals surface area contributed by atoms with Gasteiger partial charge in [-0.3, -0.25) is 14.6 Å². The Morgan fingerprint density at radius 3 is 2.53 bits per heavy atom. The van der Waals surface area contributed by atoms with Crippen LogP contribution in [0.1, 0.15) is 20.7 Å². The molecule has 3 nitrogen and oxygen atoms in total. The number of hydrogen-bond donors (Lipinski definition) is 1. The zero-order valence-electron chi connectivity index (χ0n) is 9.43. The minimum absolute atomic E-state index is 0.198. The third kappa shape index (κ3) is 2.66. The Morgan fingerprint density at radius 1 is 1.21 bits per heavy atom. The number of carbonyl (C=O) groups is 2. The van der Waals surface area contributed by atoms with E-state index in [2.05, 4.69) is 17.6 Å². The van der Waals surface area contributed by atoms with E-state index < -0.39 is 5.12 Å². The lowest BCUT2D eigenvalue weighted by Gasteiger charge is -2.11. The third-order valence-electron chi connectivity index (χ3n) is 2.53. The van der Waals surface area contributed by atoms with Gasteiger partial charge in [0.2, 0.25) is 5.12 Å². The maximum atomic E-state index is 11.5. The smallest absolute Gasteiger partial charge is 0.218 e. The van der Waals surface area contributed by atoms with E-state index in [9.17, 15) is 9.59 Å². The number of aldehydes is 1. The Hall–Kier alpha value is -1.36. The Balaban J connectivity index is 2.83. The van der Waals surface area contributed by atoms with Crippen LogP contribution in [0, 0.1) is 0 Å². The van der Waals surface area contributed by atoms with E-state index in [1.807, 2.05) is 0 Å². The molecule has 0 bridgehead atoms. The van der Waals surface area contributed by atoms with E-state index in [1.54, 1.807) is 18.2 Å². The summed E-state index contributed by atoms with van der Waals surface area (Å²) in [7, 11) is 0. The molecular formula is C13H7Cl2NO2S. The summed E-state index contributed by atoms with van der Waals surface area (Å²) in [4.78, 5) is 26.8. The van der Waals surface area contributed by atoms with Gasteiger partial charge in [0, 0.05) is 17.3 Å². The van der Waals surface area contributed by atoms with Crippen molar-refractivity contribution in [1.29, 1.82) is 0 Å². The second kappa shape index (κ2) is 5.74. The quantitative estimate of drug-likeness (QED) is 0.690. The van der Waals surface area contributed by atoms with Crippen LogP contribution >= 0.6 is 35.8 Å². The van der Waals surface area contributed by atoms with E-state index in [4.69, 9.17) is 23.2 Å². The average Bonchev–Trinajstić information content (AvgIpc) is 2.41. The van der Waals surface area contributed by atoms with Gasteiger partial charge in [-0.1, -0.05) is 23.2 Å². The van der Waals surface area contributed by atoms with Crippen LogP contribution in [-0.4, -0.2) is 16.4 Å². The number of benzene rings is 1. The second-order valence-electron chi connectivity index (χ2n) is 3.64. The molecule has 1 aromatic heterocycles. The summed E-state index contributed by atoms with van der Waals surface area (Å²) in [6.45, 7) is 0. The highest BCUT2D eigenvalue weighted by Crippen LogP contribution is 2.35. The third-order valence-corrected chi connectivity index (χ3v) is 3.42. The second-order valence-corrected chi connectivity index (χ2v) is 4.86. The Morgan fingerprint density at radius 2 is 1.89 bits per heavy atom. The highest BCUT2D eigenvalue weighted by Gasteiger charge is 2.19. The molecule has 0 radical (unpaired) electrons. The molecule has 19 heavy (non-hydrogen) atoms. The summed E-state index contributed by atoms with van der Waals surface area (Å²) in [5, 5.41) is 0.0784. The van der Waals surface area contributed by atoms with E-state index in [1.165, 1.54) is 12.3 Å². The number of thiol groups is 1. The van der Waals surface area contributed by atoms with Crippen molar-refractivity contribution in [1.82, 2.24) is 4.98 Å². The molecule has 2 rings (SSSR count). The largest absolute Gasteiger partial charge is 0.298 e. The van der Waals surface area contributed by atoms with Crippen LogP contribution in [0.2, 0.25) is 10.0 Å². The minimum atomic E-state index is -0.462. The molecule has 0 atom stereocenters. The number of pyridine rings is 1. The summed E-state index contributed by atoms with van der Waals surface area (Å²) in [6, 6.07) is 6.23. The molecule has 0 aliphatic carbocycles. The monoisotopic (exact) mass is 311 g/mol. The van der Waals surface area contributed by atoms with E-state index >= 15 is 0 Å². The van der Waals surface area contributed by atoms with Gasteiger partial charge < -0.3 is 0 Å². The predicted molar refractivity (Wildman–Crippen MR) is 78.4 cm³/mol. The number of aromatic nitrogens is 1. The molecule has 96 valence electrons. The van der Waals surface area contributed by atoms with Gasteiger partial charge in [-0.2, -0.15) is 0 Å². The number of carbonyl (C=O) groups excluding carboxylic acids is 2. The minimum Gasteiger partial charge on any atom is -0.298 e. The summed E-state index contributed by atoms with van der Waals surface area (Å²) in [6.07, 6.45) is 2.09. The van der Waals surface area contributed by atoms with Gasteiger partial charge in [0.15, 0.2) is 6.29 Å². The van der Waals surface area contributed by atoms with Crippen molar-refractivity contribution in [3.63, 3.8) is 0 Å². The molecule has 0 amide bonds. The van der Waals surface area contributed by atoms with Crippen molar-refractivity contribution in [2.24, 2.45) is 0 Å².